The third kappa shape index (κ3) is 4.37. The molecule has 0 saturated carbocycles. The largest absolute Gasteiger partial charge is 0.339 e. The molecule has 0 unspecified atom stereocenters. The molecule has 3 amide bonds. The maximum Gasteiger partial charge on any atom is 0.255 e. The Balaban J connectivity index is 1.47. The molecule has 0 spiro atoms. The van der Waals surface area contributed by atoms with Crippen LogP contribution in [0.5, 0.6) is 0 Å². The highest BCUT2D eigenvalue weighted by Gasteiger charge is 2.22. The van der Waals surface area contributed by atoms with Crippen molar-refractivity contribution in [2.75, 3.05) is 29.9 Å². The van der Waals surface area contributed by atoms with Gasteiger partial charge in [0.25, 0.3) is 11.8 Å². The number of carbonyl (C=O) groups excluding carboxylic acids is 3. The number of para-hydroxylation sites is 1. The molecule has 0 aromatic heterocycles. The monoisotopic (exact) mass is 405 g/mol. The molecular formula is C24H27N3O3. The highest BCUT2D eigenvalue weighted by Crippen LogP contribution is 2.23. The molecule has 156 valence electrons. The molecule has 0 aliphatic carbocycles. The molecule has 0 radical (unpaired) electrons. The summed E-state index contributed by atoms with van der Waals surface area (Å²) in [5.41, 5.74) is 2.34. The second kappa shape index (κ2) is 9.11. The Morgan fingerprint density at radius 2 is 1.50 bits per heavy atom. The summed E-state index contributed by atoms with van der Waals surface area (Å²) in [7, 11) is 0. The van der Waals surface area contributed by atoms with Crippen LogP contribution in [0.1, 0.15) is 59.2 Å². The lowest BCUT2D eigenvalue weighted by Gasteiger charge is -2.27. The Hall–Kier alpha value is -3.15. The van der Waals surface area contributed by atoms with Gasteiger partial charge in [0.05, 0.1) is 11.3 Å². The van der Waals surface area contributed by atoms with E-state index in [2.05, 4.69) is 5.32 Å². The van der Waals surface area contributed by atoms with E-state index in [-0.39, 0.29) is 17.7 Å². The van der Waals surface area contributed by atoms with Crippen LogP contribution in [0.3, 0.4) is 0 Å². The number of hydrogen-bond acceptors (Lipinski definition) is 3. The Morgan fingerprint density at radius 1 is 0.800 bits per heavy atom. The molecule has 4 rings (SSSR count). The Kier molecular flexibility index (Phi) is 6.12. The van der Waals surface area contributed by atoms with Crippen molar-refractivity contribution in [3.8, 4) is 0 Å². The van der Waals surface area contributed by atoms with Crippen molar-refractivity contribution >= 4 is 29.1 Å². The Bertz CT molecular complexity index is 933. The van der Waals surface area contributed by atoms with Gasteiger partial charge in [-0.1, -0.05) is 12.1 Å². The fourth-order valence-corrected chi connectivity index (χ4v) is 4.11. The first-order valence-electron chi connectivity index (χ1n) is 10.7. The van der Waals surface area contributed by atoms with E-state index < -0.39 is 0 Å². The van der Waals surface area contributed by atoms with E-state index in [1.807, 2.05) is 29.2 Å². The zero-order chi connectivity index (χ0) is 20.9. The van der Waals surface area contributed by atoms with Gasteiger partial charge in [0.2, 0.25) is 5.91 Å². The van der Waals surface area contributed by atoms with Crippen LogP contribution < -0.4 is 10.2 Å². The molecule has 6 heteroatoms. The van der Waals surface area contributed by atoms with Crippen LogP contribution in [0.4, 0.5) is 11.4 Å². The zero-order valence-corrected chi connectivity index (χ0v) is 17.1. The molecule has 2 aliphatic heterocycles. The van der Waals surface area contributed by atoms with Gasteiger partial charge in [0.15, 0.2) is 0 Å². The highest BCUT2D eigenvalue weighted by molar-refractivity contribution is 6.09. The van der Waals surface area contributed by atoms with Gasteiger partial charge in [-0.05, 0) is 68.5 Å². The molecule has 2 aromatic rings. The van der Waals surface area contributed by atoms with Gasteiger partial charge >= 0.3 is 0 Å². The van der Waals surface area contributed by atoms with Crippen LogP contribution >= 0.6 is 0 Å². The van der Waals surface area contributed by atoms with Crippen molar-refractivity contribution in [3.63, 3.8) is 0 Å². The van der Waals surface area contributed by atoms with Crippen molar-refractivity contribution in [1.82, 2.24) is 4.90 Å². The van der Waals surface area contributed by atoms with E-state index in [9.17, 15) is 14.4 Å². The average Bonchev–Trinajstić information content (AvgIpc) is 2.80. The molecular weight excluding hydrogens is 378 g/mol. The van der Waals surface area contributed by atoms with Crippen molar-refractivity contribution in [2.45, 2.75) is 38.5 Å². The fraction of sp³-hybridized carbons (Fsp3) is 0.375. The van der Waals surface area contributed by atoms with Crippen LogP contribution in [-0.4, -0.2) is 42.3 Å². The second-order valence-electron chi connectivity index (χ2n) is 7.90. The number of benzene rings is 2. The summed E-state index contributed by atoms with van der Waals surface area (Å²) in [5, 5.41) is 2.89. The van der Waals surface area contributed by atoms with Gasteiger partial charge in [-0.25, -0.2) is 0 Å². The molecule has 0 bridgehead atoms. The number of amides is 3. The predicted octanol–water partition coefficient (Wildman–Crippen LogP) is 4.08. The second-order valence-corrected chi connectivity index (χ2v) is 7.90. The average molecular weight is 405 g/mol. The summed E-state index contributed by atoms with van der Waals surface area (Å²) in [4.78, 5) is 41.5. The quantitative estimate of drug-likeness (QED) is 0.833. The van der Waals surface area contributed by atoms with E-state index in [1.165, 1.54) is 0 Å². The molecule has 0 atom stereocenters. The van der Waals surface area contributed by atoms with Crippen LogP contribution in [0.15, 0.2) is 48.5 Å². The number of hydrogen-bond donors (Lipinski definition) is 1. The fourth-order valence-electron chi connectivity index (χ4n) is 4.11. The zero-order valence-electron chi connectivity index (χ0n) is 17.1. The van der Waals surface area contributed by atoms with Crippen molar-refractivity contribution in [1.29, 1.82) is 0 Å². The molecule has 2 aromatic carbocycles. The Labute approximate surface area is 176 Å². The summed E-state index contributed by atoms with van der Waals surface area (Å²) >= 11 is 0. The van der Waals surface area contributed by atoms with Crippen molar-refractivity contribution in [2.24, 2.45) is 0 Å². The lowest BCUT2D eigenvalue weighted by atomic mass is 10.1. The minimum atomic E-state index is -0.273. The topological polar surface area (TPSA) is 69.7 Å². The van der Waals surface area contributed by atoms with Crippen LogP contribution in [0, 0.1) is 0 Å². The van der Waals surface area contributed by atoms with Gasteiger partial charge in [-0.15, -0.1) is 0 Å². The van der Waals surface area contributed by atoms with Crippen LogP contribution in [0.25, 0.3) is 0 Å². The van der Waals surface area contributed by atoms with Gasteiger partial charge in [-0.2, -0.15) is 0 Å². The van der Waals surface area contributed by atoms with Gasteiger partial charge < -0.3 is 15.1 Å². The first-order valence-corrected chi connectivity index (χ1v) is 10.7. The lowest BCUT2D eigenvalue weighted by molar-refractivity contribution is -0.119. The SMILES string of the molecule is O=C(Nc1ccccc1C(=O)N1CCCCC1)c1ccc(N2CCCCC2=O)cc1. The van der Waals surface area contributed by atoms with E-state index in [1.54, 1.807) is 29.2 Å². The molecule has 6 nitrogen and oxygen atoms in total. The number of piperidine rings is 2. The summed E-state index contributed by atoms with van der Waals surface area (Å²) in [6.45, 7) is 2.24. The molecule has 2 aliphatic rings. The molecule has 2 saturated heterocycles. The van der Waals surface area contributed by atoms with Gasteiger partial charge in [0, 0.05) is 37.3 Å². The van der Waals surface area contributed by atoms with Crippen LogP contribution in [0.2, 0.25) is 0 Å². The summed E-state index contributed by atoms with van der Waals surface area (Å²) in [6.07, 6.45) is 5.70. The number of rotatable bonds is 4. The third-order valence-electron chi connectivity index (χ3n) is 5.81. The Morgan fingerprint density at radius 3 is 2.23 bits per heavy atom. The van der Waals surface area contributed by atoms with Gasteiger partial charge in [-0.3, -0.25) is 14.4 Å². The van der Waals surface area contributed by atoms with E-state index >= 15 is 0 Å². The molecule has 2 heterocycles. The smallest absolute Gasteiger partial charge is 0.255 e. The predicted molar refractivity (Wildman–Crippen MR) is 117 cm³/mol. The molecule has 2 fully saturated rings. The van der Waals surface area contributed by atoms with E-state index in [0.717, 1.165) is 57.4 Å². The summed E-state index contributed by atoms with van der Waals surface area (Å²) in [6, 6.07) is 14.2. The number of likely N-dealkylation sites (tertiary alicyclic amines) is 1. The standard InChI is InChI=1S/C24H27N3O3/c28-22-10-4-7-17-27(22)19-13-11-18(12-14-19)23(29)25-21-9-3-2-8-20(21)24(30)26-15-5-1-6-16-26/h2-3,8-9,11-14H,1,4-7,10,15-17H2,(H,25,29). The molecule has 1 N–H and O–H groups in total. The number of nitrogens with zero attached hydrogens (tertiary/aromatic N) is 2. The van der Waals surface area contributed by atoms with E-state index in [4.69, 9.17) is 0 Å². The maximum atomic E-state index is 12.9. The number of carbonyl (C=O) groups is 3. The maximum absolute atomic E-state index is 12.9. The van der Waals surface area contributed by atoms with Crippen LogP contribution in [-0.2, 0) is 4.79 Å². The first kappa shape index (κ1) is 20.1. The van der Waals surface area contributed by atoms with Gasteiger partial charge in [0.1, 0.15) is 0 Å². The van der Waals surface area contributed by atoms with E-state index in [0.29, 0.717) is 23.2 Å². The highest BCUT2D eigenvalue weighted by atomic mass is 16.2. The normalized spacial score (nSPS) is 17.0. The van der Waals surface area contributed by atoms with Crippen molar-refractivity contribution in [3.05, 3.63) is 59.7 Å². The summed E-state index contributed by atoms with van der Waals surface area (Å²) in [5.74, 6) is -0.182. The minimum absolute atomic E-state index is 0.0374. The lowest BCUT2D eigenvalue weighted by Crippen LogP contribution is -2.36. The van der Waals surface area contributed by atoms with Crippen molar-refractivity contribution < 1.29 is 14.4 Å². The number of anilines is 2. The third-order valence-corrected chi connectivity index (χ3v) is 5.81. The molecule has 30 heavy (non-hydrogen) atoms. The summed E-state index contributed by atoms with van der Waals surface area (Å²) < 4.78 is 0. The first-order chi connectivity index (χ1) is 14.6. The minimum Gasteiger partial charge on any atom is -0.339 e. The number of nitrogens with one attached hydrogen (secondary N) is 1.